The van der Waals surface area contributed by atoms with E-state index in [0.717, 1.165) is 25.2 Å². The van der Waals surface area contributed by atoms with Crippen molar-refractivity contribution in [2.75, 3.05) is 20.1 Å². The summed E-state index contributed by atoms with van der Waals surface area (Å²) in [6, 6.07) is 3.81. The van der Waals surface area contributed by atoms with Crippen LogP contribution in [0.1, 0.15) is 28.9 Å². The zero-order valence-electron chi connectivity index (χ0n) is 13.4. The summed E-state index contributed by atoms with van der Waals surface area (Å²) in [5, 5.41) is 11.5. The first kappa shape index (κ1) is 15.6. The van der Waals surface area contributed by atoms with Gasteiger partial charge in [-0.3, -0.25) is 14.5 Å². The molecule has 0 saturated carbocycles. The van der Waals surface area contributed by atoms with E-state index < -0.39 is 0 Å². The van der Waals surface area contributed by atoms with Gasteiger partial charge >= 0.3 is 0 Å². The molecule has 0 aliphatic carbocycles. The first-order chi connectivity index (χ1) is 11.2. The van der Waals surface area contributed by atoms with Gasteiger partial charge in [-0.05, 0) is 43.5 Å². The van der Waals surface area contributed by atoms with Crippen molar-refractivity contribution in [1.82, 2.24) is 30.2 Å². The lowest BCUT2D eigenvalue weighted by atomic mass is 10.00. The van der Waals surface area contributed by atoms with E-state index in [4.69, 9.17) is 0 Å². The van der Waals surface area contributed by atoms with Gasteiger partial charge in [0, 0.05) is 32.5 Å². The molecule has 1 saturated heterocycles. The fourth-order valence-electron chi connectivity index (χ4n) is 2.86. The number of nitrogens with one attached hydrogen (secondary N) is 1. The Morgan fingerprint density at radius 3 is 3.17 bits per heavy atom. The molecule has 23 heavy (non-hydrogen) atoms. The summed E-state index contributed by atoms with van der Waals surface area (Å²) in [6.45, 7) is 3.41. The molecule has 1 fully saturated rings. The Kier molecular flexibility index (Phi) is 4.97. The molecular formula is C16H22N6O. The molecule has 0 radical (unpaired) electrons. The van der Waals surface area contributed by atoms with Gasteiger partial charge in [0.2, 0.25) is 0 Å². The van der Waals surface area contributed by atoms with Gasteiger partial charge in [-0.15, -0.1) is 5.10 Å². The second-order valence-corrected chi connectivity index (χ2v) is 6.06. The maximum absolute atomic E-state index is 12.4. The van der Waals surface area contributed by atoms with Crippen LogP contribution in [-0.2, 0) is 13.1 Å². The Labute approximate surface area is 135 Å². The summed E-state index contributed by atoms with van der Waals surface area (Å²) in [7, 11) is 1.76. The van der Waals surface area contributed by atoms with Gasteiger partial charge in [-0.25, -0.2) is 0 Å². The van der Waals surface area contributed by atoms with Crippen LogP contribution in [0.15, 0.2) is 30.7 Å². The molecule has 7 nitrogen and oxygen atoms in total. The topological polar surface area (TPSA) is 75.9 Å². The molecule has 1 aliphatic rings. The van der Waals surface area contributed by atoms with Crippen molar-refractivity contribution in [1.29, 1.82) is 0 Å². The quantitative estimate of drug-likeness (QED) is 0.889. The molecule has 0 spiro atoms. The third kappa shape index (κ3) is 4.13. The molecule has 3 rings (SSSR count). The first-order valence-electron chi connectivity index (χ1n) is 7.97. The molecule has 0 bridgehead atoms. The summed E-state index contributed by atoms with van der Waals surface area (Å²) >= 11 is 0. The Morgan fingerprint density at radius 1 is 1.52 bits per heavy atom. The lowest BCUT2D eigenvalue weighted by Crippen LogP contribution is -2.32. The average Bonchev–Trinajstić information content (AvgIpc) is 3.04. The van der Waals surface area contributed by atoms with Crippen molar-refractivity contribution in [3.8, 4) is 0 Å². The third-order valence-electron chi connectivity index (χ3n) is 4.09. The fourth-order valence-corrected chi connectivity index (χ4v) is 2.86. The highest BCUT2D eigenvalue weighted by Gasteiger charge is 2.18. The van der Waals surface area contributed by atoms with Crippen LogP contribution < -0.4 is 5.32 Å². The maximum Gasteiger partial charge on any atom is 0.276 e. The molecule has 1 unspecified atom stereocenters. The number of hydrogen-bond donors (Lipinski definition) is 1. The van der Waals surface area contributed by atoms with E-state index in [-0.39, 0.29) is 5.91 Å². The number of nitrogens with zero attached hydrogens (tertiary/aromatic N) is 5. The van der Waals surface area contributed by atoms with Crippen LogP contribution in [0.4, 0.5) is 0 Å². The van der Waals surface area contributed by atoms with E-state index in [2.05, 4.69) is 20.6 Å². The van der Waals surface area contributed by atoms with Crippen LogP contribution in [0, 0.1) is 5.92 Å². The van der Waals surface area contributed by atoms with Crippen LogP contribution >= 0.6 is 0 Å². The summed E-state index contributed by atoms with van der Waals surface area (Å²) in [5.74, 6) is 0.434. The molecule has 0 aromatic carbocycles. The van der Waals surface area contributed by atoms with Gasteiger partial charge in [0.1, 0.15) is 0 Å². The standard InChI is InChI=1S/C16H22N6O/c1-21(10-13-4-2-6-17-8-13)16(23)15-12-22(20-19-15)11-14-5-3-7-18-9-14/h2,4,6,8,12,14,18H,3,5,7,9-11H2,1H3. The number of carbonyl (C=O) groups is 1. The number of rotatable bonds is 5. The van der Waals surface area contributed by atoms with Crippen LogP contribution in [-0.4, -0.2) is 50.9 Å². The Hall–Kier alpha value is -2.28. The fraction of sp³-hybridized carbons (Fsp3) is 0.500. The zero-order valence-corrected chi connectivity index (χ0v) is 13.4. The molecule has 1 N–H and O–H groups in total. The first-order valence-corrected chi connectivity index (χ1v) is 7.97. The van der Waals surface area contributed by atoms with Crippen molar-refractivity contribution >= 4 is 5.91 Å². The van der Waals surface area contributed by atoms with E-state index >= 15 is 0 Å². The molecule has 122 valence electrons. The molecule has 1 amide bonds. The Morgan fingerprint density at radius 2 is 2.43 bits per heavy atom. The summed E-state index contributed by atoms with van der Waals surface area (Å²) < 4.78 is 1.78. The van der Waals surface area contributed by atoms with Gasteiger partial charge in [0.25, 0.3) is 5.91 Å². The van der Waals surface area contributed by atoms with Crippen molar-refractivity contribution < 1.29 is 4.79 Å². The summed E-state index contributed by atoms with van der Waals surface area (Å²) in [6.07, 6.45) is 7.61. The van der Waals surface area contributed by atoms with Gasteiger partial charge in [-0.2, -0.15) is 0 Å². The zero-order chi connectivity index (χ0) is 16.1. The van der Waals surface area contributed by atoms with Crippen LogP contribution in [0.5, 0.6) is 0 Å². The number of aromatic nitrogens is 4. The van der Waals surface area contributed by atoms with E-state index in [1.54, 1.807) is 35.2 Å². The highest BCUT2D eigenvalue weighted by molar-refractivity contribution is 5.91. The van der Waals surface area contributed by atoms with Crippen LogP contribution in [0.3, 0.4) is 0 Å². The van der Waals surface area contributed by atoms with Gasteiger partial charge in [-0.1, -0.05) is 11.3 Å². The predicted octanol–water partition coefficient (Wildman–Crippen LogP) is 0.945. The lowest BCUT2D eigenvalue weighted by Gasteiger charge is -2.22. The van der Waals surface area contributed by atoms with Gasteiger partial charge in [0.05, 0.1) is 6.20 Å². The van der Waals surface area contributed by atoms with Gasteiger partial charge in [0.15, 0.2) is 5.69 Å². The molecule has 2 aromatic heterocycles. The molecule has 3 heterocycles. The second kappa shape index (κ2) is 7.32. The lowest BCUT2D eigenvalue weighted by molar-refractivity contribution is 0.0779. The van der Waals surface area contributed by atoms with Crippen LogP contribution in [0.25, 0.3) is 0 Å². The summed E-state index contributed by atoms with van der Waals surface area (Å²) in [4.78, 5) is 18.1. The average molecular weight is 314 g/mol. The second-order valence-electron chi connectivity index (χ2n) is 6.06. The molecule has 1 atom stereocenters. The van der Waals surface area contributed by atoms with Crippen molar-refractivity contribution in [2.45, 2.75) is 25.9 Å². The smallest absolute Gasteiger partial charge is 0.276 e. The number of pyridine rings is 1. The molecule has 2 aromatic rings. The minimum absolute atomic E-state index is 0.123. The van der Waals surface area contributed by atoms with E-state index in [1.165, 1.54) is 12.8 Å². The van der Waals surface area contributed by atoms with Crippen molar-refractivity contribution in [2.24, 2.45) is 5.92 Å². The van der Waals surface area contributed by atoms with Crippen molar-refractivity contribution in [3.63, 3.8) is 0 Å². The van der Waals surface area contributed by atoms with Crippen molar-refractivity contribution in [3.05, 3.63) is 42.0 Å². The number of amides is 1. The Bertz CT molecular complexity index is 635. The normalized spacial score (nSPS) is 17.9. The number of hydrogen-bond acceptors (Lipinski definition) is 5. The summed E-state index contributed by atoms with van der Waals surface area (Å²) in [5.41, 5.74) is 1.38. The number of piperidine rings is 1. The molecule has 7 heteroatoms. The minimum atomic E-state index is -0.123. The monoisotopic (exact) mass is 314 g/mol. The molecular weight excluding hydrogens is 292 g/mol. The van der Waals surface area contributed by atoms with E-state index in [0.29, 0.717) is 18.2 Å². The SMILES string of the molecule is CN(Cc1cccnc1)C(=O)c1cn(CC2CCCNC2)nn1. The Balaban J connectivity index is 1.59. The maximum atomic E-state index is 12.4. The minimum Gasteiger partial charge on any atom is -0.336 e. The highest BCUT2D eigenvalue weighted by Crippen LogP contribution is 2.12. The van der Waals surface area contributed by atoms with E-state index in [9.17, 15) is 4.79 Å². The largest absolute Gasteiger partial charge is 0.336 e. The highest BCUT2D eigenvalue weighted by atomic mass is 16.2. The molecule has 1 aliphatic heterocycles. The third-order valence-corrected chi connectivity index (χ3v) is 4.09. The van der Waals surface area contributed by atoms with Gasteiger partial charge < -0.3 is 10.2 Å². The number of carbonyl (C=O) groups excluding carboxylic acids is 1. The van der Waals surface area contributed by atoms with Crippen LogP contribution in [0.2, 0.25) is 0 Å². The van der Waals surface area contributed by atoms with E-state index in [1.807, 2.05) is 12.1 Å². The predicted molar refractivity (Wildman–Crippen MR) is 85.7 cm³/mol.